The smallest absolute Gasteiger partial charge is 0.363 e. The lowest BCUT2D eigenvalue weighted by molar-refractivity contribution is -0.159. The van der Waals surface area contributed by atoms with Crippen molar-refractivity contribution in [1.29, 1.82) is 0 Å². The molecular weight excluding hydrogens is 401 g/mol. The van der Waals surface area contributed by atoms with Crippen molar-refractivity contribution >= 4 is 15.4 Å². The summed E-state index contributed by atoms with van der Waals surface area (Å²) in [5.41, 5.74) is 1.27. The zero-order valence-corrected chi connectivity index (χ0v) is 14.9. The van der Waals surface area contributed by atoms with E-state index in [1.807, 2.05) is 0 Å². The quantitative estimate of drug-likeness (QED) is 0.506. The van der Waals surface area contributed by atoms with Gasteiger partial charge in [0, 0.05) is 24.2 Å². The Morgan fingerprint density at radius 1 is 1.32 bits per heavy atom. The van der Waals surface area contributed by atoms with Crippen molar-refractivity contribution in [2.45, 2.75) is 17.6 Å². The summed E-state index contributed by atoms with van der Waals surface area (Å²) in [7, 11) is -2.68. The Hall–Kier alpha value is -3.22. The molecule has 0 aromatic carbocycles. The van der Waals surface area contributed by atoms with Gasteiger partial charge in [-0.1, -0.05) is 10.3 Å². The highest BCUT2D eigenvalue weighted by atomic mass is 32.2. The predicted octanol–water partition coefficient (Wildman–Crippen LogP) is 3.05. The third-order valence-corrected chi connectivity index (χ3v) is 5.45. The highest BCUT2D eigenvalue weighted by Gasteiger charge is 2.38. The largest absolute Gasteiger partial charge is 0.471 e. The molecule has 0 N–H and O–H groups in total. The maximum absolute atomic E-state index is 12.6. The van der Waals surface area contributed by atoms with Gasteiger partial charge in [-0.2, -0.15) is 18.2 Å². The van der Waals surface area contributed by atoms with Crippen molar-refractivity contribution in [3.8, 4) is 11.4 Å². The molecule has 13 heteroatoms. The van der Waals surface area contributed by atoms with E-state index in [1.54, 1.807) is 16.8 Å². The van der Waals surface area contributed by atoms with Crippen LogP contribution in [-0.4, -0.2) is 35.1 Å². The van der Waals surface area contributed by atoms with Crippen LogP contribution in [0.25, 0.3) is 17.0 Å². The monoisotopic (exact) mass is 412 g/mol. The SMILES string of the molecule is CS(=O)(=NCc1cn2ccc(-c3noc(C(F)(F)F)n3)cc2n1)c1cnoc1. The second kappa shape index (κ2) is 6.44. The molecule has 0 saturated carbocycles. The lowest BCUT2D eigenvalue weighted by Gasteiger charge is -1.98. The van der Waals surface area contributed by atoms with Gasteiger partial charge in [0.15, 0.2) is 0 Å². The van der Waals surface area contributed by atoms with Crippen LogP contribution in [0.2, 0.25) is 0 Å². The Labute approximate surface area is 155 Å². The van der Waals surface area contributed by atoms with E-state index in [2.05, 4.69) is 33.7 Å². The summed E-state index contributed by atoms with van der Waals surface area (Å²) in [4.78, 5) is 8.06. The van der Waals surface area contributed by atoms with Crippen molar-refractivity contribution < 1.29 is 26.4 Å². The fraction of sp³-hybridized carbons (Fsp3) is 0.200. The van der Waals surface area contributed by atoms with Gasteiger partial charge < -0.3 is 13.4 Å². The molecule has 0 aliphatic rings. The highest BCUT2D eigenvalue weighted by molar-refractivity contribution is 7.93. The number of rotatable bonds is 4. The number of nitrogens with zero attached hydrogens (tertiary/aromatic N) is 6. The Kier molecular flexibility index (Phi) is 4.18. The minimum absolute atomic E-state index is 0.0674. The molecule has 4 rings (SSSR count). The van der Waals surface area contributed by atoms with Gasteiger partial charge in [0.25, 0.3) is 0 Å². The molecule has 0 fully saturated rings. The van der Waals surface area contributed by atoms with Gasteiger partial charge in [0.2, 0.25) is 5.82 Å². The van der Waals surface area contributed by atoms with E-state index >= 15 is 0 Å². The van der Waals surface area contributed by atoms with Crippen molar-refractivity contribution in [2.24, 2.45) is 4.36 Å². The van der Waals surface area contributed by atoms with Crippen LogP contribution in [0.15, 0.2) is 55.3 Å². The van der Waals surface area contributed by atoms with Gasteiger partial charge in [-0.3, -0.25) is 0 Å². The van der Waals surface area contributed by atoms with Crippen molar-refractivity contribution in [3.05, 3.63) is 48.6 Å². The van der Waals surface area contributed by atoms with Gasteiger partial charge in [0.1, 0.15) is 16.8 Å². The van der Waals surface area contributed by atoms with Crippen molar-refractivity contribution in [2.75, 3.05) is 6.26 Å². The number of aromatic nitrogens is 5. The van der Waals surface area contributed by atoms with E-state index in [9.17, 15) is 17.4 Å². The number of imidazole rings is 1. The molecule has 0 aliphatic heterocycles. The lowest BCUT2D eigenvalue weighted by Crippen LogP contribution is -2.04. The summed E-state index contributed by atoms with van der Waals surface area (Å²) in [6.07, 6.45) is 2.61. The zero-order valence-electron chi connectivity index (χ0n) is 14.1. The van der Waals surface area contributed by atoms with Gasteiger partial charge in [0.05, 0.1) is 28.2 Å². The van der Waals surface area contributed by atoms with Crippen LogP contribution in [0, 0.1) is 0 Å². The molecule has 0 bridgehead atoms. The van der Waals surface area contributed by atoms with Crippen LogP contribution in [0.3, 0.4) is 0 Å². The fourth-order valence-electron chi connectivity index (χ4n) is 2.35. The Bertz CT molecular complexity index is 1250. The molecule has 0 amide bonds. The van der Waals surface area contributed by atoms with E-state index in [0.717, 1.165) is 0 Å². The summed E-state index contributed by atoms with van der Waals surface area (Å²) in [5.74, 6) is -1.62. The second-order valence-corrected chi connectivity index (χ2v) is 8.12. The topological polar surface area (TPSA) is 112 Å². The summed E-state index contributed by atoms with van der Waals surface area (Å²) < 4.78 is 65.1. The van der Waals surface area contributed by atoms with Gasteiger partial charge in [-0.15, -0.1) is 0 Å². The minimum Gasteiger partial charge on any atom is -0.363 e. The average Bonchev–Trinajstić information content (AvgIpc) is 3.38. The highest BCUT2D eigenvalue weighted by Crippen LogP contribution is 2.29. The summed E-state index contributed by atoms with van der Waals surface area (Å²) in [6.45, 7) is 0.0674. The first kappa shape index (κ1) is 18.2. The first-order chi connectivity index (χ1) is 13.2. The van der Waals surface area contributed by atoms with Crippen LogP contribution in [0.1, 0.15) is 11.6 Å². The zero-order chi connectivity index (χ0) is 19.9. The summed E-state index contributed by atoms with van der Waals surface area (Å²) in [6, 6.07) is 3.04. The number of pyridine rings is 1. The normalized spacial score (nSPS) is 14.3. The van der Waals surface area contributed by atoms with Crippen molar-refractivity contribution in [3.63, 3.8) is 0 Å². The Morgan fingerprint density at radius 2 is 2.14 bits per heavy atom. The number of fused-ring (bicyclic) bond motifs is 1. The molecule has 4 heterocycles. The van der Waals surface area contributed by atoms with Gasteiger partial charge in [-0.25, -0.2) is 13.6 Å². The number of alkyl halides is 3. The van der Waals surface area contributed by atoms with Crippen LogP contribution in [-0.2, 0) is 22.5 Å². The fourth-order valence-corrected chi connectivity index (χ4v) is 3.34. The standard InChI is InChI=1S/C15H11F3N6O3S/c1-28(25,11-6-19-26-8-11)20-5-10-7-24-3-2-9(4-12(24)21-10)13-22-14(27-23-13)15(16,17)18/h2-4,6-8H,5H2,1H3. The molecule has 1 unspecified atom stereocenters. The summed E-state index contributed by atoms with van der Waals surface area (Å²) >= 11 is 0. The van der Waals surface area contributed by atoms with E-state index in [4.69, 9.17) is 0 Å². The molecule has 0 saturated heterocycles. The third kappa shape index (κ3) is 3.47. The predicted molar refractivity (Wildman–Crippen MR) is 88.5 cm³/mol. The van der Waals surface area contributed by atoms with Crippen LogP contribution >= 0.6 is 0 Å². The maximum atomic E-state index is 12.6. The number of hydrogen-bond donors (Lipinski definition) is 0. The number of hydrogen-bond acceptors (Lipinski definition) is 8. The Morgan fingerprint density at radius 3 is 2.82 bits per heavy atom. The third-order valence-electron chi connectivity index (χ3n) is 3.76. The summed E-state index contributed by atoms with van der Waals surface area (Å²) in [5, 5.41) is 6.86. The lowest BCUT2D eigenvalue weighted by atomic mass is 10.2. The van der Waals surface area contributed by atoms with Gasteiger partial charge in [-0.05, 0) is 12.1 Å². The molecule has 1 atom stereocenters. The molecule has 4 aromatic rings. The van der Waals surface area contributed by atoms with Crippen LogP contribution < -0.4 is 0 Å². The minimum atomic E-state index is -4.71. The maximum Gasteiger partial charge on any atom is 0.471 e. The second-order valence-electron chi connectivity index (χ2n) is 5.78. The van der Waals surface area contributed by atoms with E-state index < -0.39 is 21.8 Å². The first-order valence-corrected chi connectivity index (χ1v) is 9.61. The number of halogens is 3. The van der Waals surface area contributed by atoms with E-state index in [-0.39, 0.29) is 12.4 Å². The average molecular weight is 412 g/mol. The van der Waals surface area contributed by atoms with Gasteiger partial charge >= 0.3 is 12.1 Å². The molecule has 0 radical (unpaired) electrons. The Balaban J connectivity index is 1.62. The van der Waals surface area contributed by atoms with E-state index in [1.165, 1.54) is 30.8 Å². The molecule has 4 aromatic heterocycles. The molecular formula is C15H11F3N6O3S. The van der Waals surface area contributed by atoms with Crippen molar-refractivity contribution in [1.82, 2.24) is 24.7 Å². The molecule has 146 valence electrons. The molecule has 9 nitrogen and oxygen atoms in total. The van der Waals surface area contributed by atoms with E-state index in [0.29, 0.717) is 21.8 Å². The molecule has 28 heavy (non-hydrogen) atoms. The molecule has 0 spiro atoms. The first-order valence-electron chi connectivity index (χ1n) is 7.68. The van der Waals surface area contributed by atoms with Crippen LogP contribution in [0.4, 0.5) is 13.2 Å². The molecule has 0 aliphatic carbocycles. The van der Waals surface area contributed by atoms with Crippen LogP contribution in [0.5, 0.6) is 0 Å².